The Morgan fingerprint density at radius 2 is 1.81 bits per heavy atom. The van der Waals surface area contributed by atoms with Crippen molar-refractivity contribution in [3.05, 3.63) is 76.3 Å². The zero-order valence-electron chi connectivity index (χ0n) is 14.5. The van der Waals surface area contributed by atoms with E-state index in [0.29, 0.717) is 15.8 Å². The molecule has 136 valence electrons. The van der Waals surface area contributed by atoms with E-state index in [4.69, 9.17) is 32.7 Å². The highest BCUT2D eigenvalue weighted by atomic mass is 35.5. The number of imidazole rings is 1. The number of nitrogens with one attached hydrogen (secondary N) is 1. The van der Waals surface area contributed by atoms with Crippen LogP contribution in [0.1, 0.15) is 5.56 Å². The molecule has 1 heterocycles. The van der Waals surface area contributed by atoms with Crippen LogP contribution in [0, 0.1) is 0 Å². The van der Waals surface area contributed by atoms with Crippen LogP contribution in [-0.4, -0.2) is 17.1 Å². The molecule has 0 atom stereocenters. The summed E-state index contributed by atoms with van der Waals surface area (Å²) in [5.74, 6) is 2.05. The number of hydrogen-bond donors (Lipinski definition) is 1. The van der Waals surface area contributed by atoms with Gasteiger partial charge >= 0.3 is 0 Å². The first kappa shape index (κ1) is 17.7. The van der Waals surface area contributed by atoms with E-state index < -0.39 is 0 Å². The molecule has 0 spiro atoms. The van der Waals surface area contributed by atoms with Crippen molar-refractivity contribution in [3.63, 3.8) is 0 Å². The monoisotopic (exact) mass is 398 g/mol. The molecule has 4 nitrogen and oxygen atoms in total. The fraction of sp³-hybridized carbons (Fsp3) is 0.0952. The molecule has 0 aliphatic carbocycles. The van der Waals surface area contributed by atoms with Crippen LogP contribution in [0.2, 0.25) is 10.0 Å². The molecule has 1 aromatic heterocycles. The van der Waals surface area contributed by atoms with Gasteiger partial charge in [0.25, 0.3) is 0 Å². The second kappa shape index (κ2) is 7.51. The van der Waals surface area contributed by atoms with E-state index in [2.05, 4.69) is 9.97 Å². The molecule has 0 saturated carbocycles. The number of halogens is 2. The summed E-state index contributed by atoms with van der Waals surface area (Å²) >= 11 is 12.3. The van der Waals surface area contributed by atoms with Crippen LogP contribution in [-0.2, 0) is 6.61 Å². The van der Waals surface area contributed by atoms with Gasteiger partial charge in [0, 0.05) is 11.1 Å². The quantitative estimate of drug-likeness (QED) is 0.440. The van der Waals surface area contributed by atoms with Crippen LogP contribution in [0.25, 0.3) is 22.4 Å². The fourth-order valence-electron chi connectivity index (χ4n) is 2.88. The molecule has 6 heteroatoms. The number of nitrogens with zero attached hydrogens (tertiary/aromatic N) is 1. The molecule has 4 rings (SSSR count). The lowest BCUT2D eigenvalue weighted by atomic mass is 10.1. The summed E-state index contributed by atoms with van der Waals surface area (Å²) in [6, 6.07) is 19.1. The molecule has 1 N–H and O–H groups in total. The van der Waals surface area contributed by atoms with Gasteiger partial charge in [0.2, 0.25) is 0 Å². The summed E-state index contributed by atoms with van der Waals surface area (Å²) in [5.41, 5.74) is 3.74. The Kier molecular flexibility index (Phi) is 4.92. The third-order valence-electron chi connectivity index (χ3n) is 4.24. The predicted octanol–water partition coefficient (Wildman–Crippen LogP) is 6.12. The Hall–Kier alpha value is -2.69. The van der Waals surface area contributed by atoms with Gasteiger partial charge in [0.05, 0.1) is 23.2 Å². The van der Waals surface area contributed by atoms with Crippen LogP contribution < -0.4 is 9.47 Å². The number of fused-ring (bicyclic) bond motifs is 1. The first-order chi connectivity index (χ1) is 13.2. The molecular formula is C21H16Cl2N2O2. The molecular weight excluding hydrogens is 383 g/mol. The third kappa shape index (κ3) is 3.59. The molecule has 27 heavy (non-hydrogen) atoms. The standard InChI is InChI=1S/C21H16Cl2N2O2/c1-26-18-10-9-13(21-24-16-6-2-3-7-17(16)25-21)11-14(18)12-27-19-8-4-5-15(22)20(19)23/h2-11H,12H2,1H3,(H,24,25). The number of hydrogen-bond acceptors (Lipinski definition) is 3. The molecule has 0 aliphatic rings. The minimum Gasteiger partial charge on any atom is -0.496 e. The molecule has 0 radical (unpaired) electrons. The normalized spacial score (nSPS) is 10.9. The van der Waals surface area contributed by atoms with Gasteiger partial charge in [-0.05, 0) is 42.5 Å². The molecule has 0 fully saturated rings. The minimum absolute atomic E-state index is 0.289. The number of H-pyrrole nitrogens is 1. The van der Waals surface area contributed by atoms with Gasteiger partial charge in [-0.15, -0.1) is 0 Å². The highest BCUT2D eigenvalue weighted by Crippen LogP contribution is 2.33. The van der Waals surface area contributed by atoms with Crippen LogP contribution in [0.5, 0.6) is 11.5 Å². The summed E-state index contributed by atoms with van der Waals surface area (Å²) in [6.45, 7) is 0.289. The van der Waals surface area contributed by atoms with Crippen molar-refractivity contribution in [2.24, 2.45) is 0 Å². The summed E-state index contributed by atoms with van der Waals surface area (Å²) in [5, 5.41) is 0.851. The zero-order valence-corrected chi connectivity index (χ0v) is 16.0. The van der Waals surface area contributed by atoms with Gasteiger partial charge in [-0.1, -0.05) is 41.4 Å². The summed E-state index contributed by atoms with van der Waals surface area (Å²) < 4.78 is 11.3. The summed E-state index contributed by atoms with van der Waals surface area (Å²) in [6.07, 6.45) is 0. The molecule has 0 bridgehead atoms. The Morgan fingerprint density at radius 1 is 0.963 bits per heavy atom. The van der Waals surface area contributed by atoms with Crippen LogP contribution in [0.4, 0.5) is 0 Å². The van der Waals surface area contributed by atoms with Crippen molar-refractivity contribution in [2.45, 2.75) is 6.61 Å². The van der Waals surface area contributed by atoms with E-state index in [-0.39, 0.29) is 6.61 Å². The lowest BCUT2D eigenvalue weighted by Crippen LogP contribution is -2.00. The van der Waals surface area contributed by atoms with E-state index in [1.54, 1.807) is 25.3 Å². The number of para-hydroxylation sites is 2. The van der Waals surface area contributed by atoms with E-state index in [0.717, 1.165) is 33.7 Å². The van der Waals surface area contributed by atoms with Crippen molar-refractivity contribution >= 4 is 34.2 Å². The number of benzene rings is 3. The highest BCUT2D eigenvalue weighted by Gasteiger charge is 2.12. The lowest BCUT2D eigenvalue weighted by molar-refractivity contribution is 0.297. The van der Waals surface area contributed by atoms with E-state index in [1.807, 2.05) is 42.5 Å². The number of ether oxygens (including phenoxy) is 2. The van der Waals surface area contributed by atoms with Crippen molar-refractivity contribution in [1.29, 1.82) is 0 Å². The minimum atomic E-state index is 0.289. The third-order valence-corrected chi connectivity index (χ3v) is 5.04. The maximum Gasteiger partial charge on any atom is 0.139 e. The second-order valence-electron chi connectivity index (χ2n) is 5.97. The Bertz CT molecular complexity index is 1080. The molecule has 0 unspecified atom stereocenters. The number of aromatic nitrogens is 2. The number of aromatic amines is 1. The largest absolute Gasteiger partial charge is 0.496 e. The second-order valence-corrected chi connectivity index (χ2v) is 6.75. The van der Waals surface area contributed by atoms with E-state index in [1.165, 1.54) is 0 Å². The van der Waals surface area contributed by atoms with Crippen LogP contribution in [0.15, 0.2) is 60.7 Å². The maximum atomic E-state index is 6.20. The van der Waals surface area contributed by atoms with Crippen molar-refractivity contribution < 1.29 is 9.47 Å². The van der Waals surface area contributed by atoms with Gasteiger partial charge in [-0.25, -0.2) is 4.98 Å². The predicted molar refractivity (Wildman–Crippen MR) is 109 cm³/mol. The zero-order chi connectivity index (χ0) is 18.8. The average Bonchev–Trinajstić information content (AvgIpc) is 3.13. The summed E-state index contributed by atoms with van der Waals surface area (Å²) in [4.78, 5) is 7.98. The van der Waals surface area contributed by atoms with Crippen LogP contribution in [0.3, 0.4) is 0 Å². The van der Waals surface area contributed by atoms with Gasteiger partial charge in [-0.3, -0.25) is 0 Å². The molecule has 0 amide bonds. The Labute approximate surface area is 166 Å². The molecule has 4 aromatic rings. The SMILES string of the molecule is COc1ccc(-c2nc3ccccc3[nH]2)cc1COc1cccc(Cl)c1Cl. The number of rotatable bonds is 5. The molecule has 0 aliphatic heterocycles. The Morgan fingerprint density at radius 3 is 2.63 bits per heavy atom. The van der Waals surface area contributed by atoms with Crippen molar-refractivity contribution in [1.82, 2.24) is 9.97 Å². The van der Waals surface area contributed by atoms with Gasteiger partial charge in [0.15, 0.2) is 0 Å². The van der Waals surface area contributed by atoms with Gasteiger partial charge in [0.1, 0.15) is 29.0 Å². The van der Waals surface area contributed by atoms with Gasteiger partial charge < -0.3 is 14.5 Å². The van der Waals surface area contributed by atoms with Crippen molar-refractivity contribution in [3.8, 4) is 22.9 Å². The van der Waals surface area contributed by atoms with Gasteiger partial charge in [-0.2, -0.15) is 0 Å². The maximum absolute atomic E-state index is 6.20. The molecule has 3 aromatic carbocycles. The Balaban J connectivity index is 1.65. The van der Waals surface area contributed by atoms with Crippen LogP contribution >= 0.6 is 23.2 Å². The first-order valence-corrected chi connectivity index (χ1v) is 9.10. The lowest BCUT2D eigenvalue weighted by Gasteiger charge is -2.13. The number of methoxy groups -OCH3 is 1. The topological polar surface area (TPSA) is 47.1 Å². The first-order valence-electron chi connectivity index (χ1n) is 8.34. The summed E-state index contributed by atoms with van der Waals surface area (Å²) in [7, 11) is 1.63. The van der Waals surface area contributed by atoms with Crippen molar-refractivity contribution in [2.75, 3.05) is 7.11 Å². The average molecular weight is 399 g/mol. The highest BCUT2D eigenvalue weighted by molar-refractivity contribution is 6.42. The molecule has 0 saturated heterocycles. The smallest absolute Gasteiger partial charge is 0.139 e. The van der Waals surface area contributed by atoms with E-state index in [9.17, 15) is 0 Å². The fourth-order valence-corrected chi connectivity index (χ4v) is 3.23. The van der Waals surface area contributed by atoms with E-state index >= 15 is 0 Å².